The molecule has 0 radical (unpaired) electrons. The van der Waals surface area contributed by atoms with Gasteiger partial charge in [0.25, 0.3) is 0 Å². The molecule has 0 saturated carbocycles. The Morgan fingerprint density at radius 3 is 2.58 bits per heavy atom. The van der Waals surface area contributed by atoms with E-state index in [1.807, 2.05) is 27.7 Å². The highest BCUT2D eigenvalue weighted by Crippen LogP contribution is 2.63. The van der Waals surface area contributed by atoms with Gasteiger partial charge in [-0.3, -0.25) is 14.4 Å². The molecule has 1 spiro atoms. The summed E-state index contributed by atoms with van der Waals surface area (Å²) in [5.74, 6) is -2.65. The van der Waals surface area contributed by atoms with E-state index in [1.54, 1.807) is 17.1 Å². The van der Waals surface area contributed by atoms with Crippen LogP contribution in [0.1, 0.15) is 53.4 Å². The number of esters is 1. The van der Waals surface area contributed by atoms with Crippen LogP contribution in [0.25, 0.3) is 0 Å². The second-order valence-electron chi connectivity index (χ2n) is 9.84. The highest BCUT2D eigenvalue weighted by Gasteiger charge is 2.79. The molecule has 3 fully saturated rings. The molecule has 2 unspecified atom stereocenters. The van der Waals surface area contributed by atoms with Crippen molar-refractivity contribution in [3.63, 3.8) is 0 Å². The van der Waals surface area contributed by atoms with Gasteiger partial charge in [0.1, 0.15) is 17.6 Å². The topological polar surface area (TPSA) is 96.4 Å². The van der Waals surface area contributed by atoms with Crippen LogP contribution in [0, 0.1) is 11.8 Å². The molecule has 3 heterocycles. The SMILES string of the molecule is C=CCCOC(=O)[C@@H]1[C@H]2C(=O)N([C@@H](CC)CO)C(C(=O)N(CC=C)C(C)C)C23CC[C@@]1(C)O3. The lowest BCUT2D eigenvalue weighted by Crippen LogP contribution is -2.59. The summed E-state index contributed by atoms with van der Waals surface area (Å²) in [5, 5.41) is 10.1. The minimum Gasteiger partial charge on any atom is -0.465 e. The molecule has 6 atom stereocenters. The quantitative estimate of drug-likeness (QED) is 0.287. The summed E-state index contributed by atoms with van der Waals surface area (Å²) in [6, 6.07) is -1.58. The Balaban J connectivity index is 2.08. The third-order valence-electron chi connectivity index (χ3n) is 7.58. The Labute approximate surface area is 196 Å². The molecule has 2 bridgehead atoms. The standard InChI is InChI=1S/C25H38N2O6/c1-7-10-14-32-23(31)19-18-21(29)27(17(9-3)15-28)20(22(30)26(13-8-2)16(4)5)25(18)12-11-24(19,6)33-25/h7-8,16-20,28H,1-2,9-15H2,3-6H3/t17-,18-,19-,20?,24+,25?/m0/s1. The van der Waals surface area contributed by atoms with Crippen molar-refractivity contribution in [1.82, 2.24) is 9.80 Å². The number of rotatable bonds is 11. The number of fused-ring (bicyclic) bond motifs is 1. The Hall–Kier alpha value is -2.19. The van der Waals surface area contributed by atoms with E-state index in [-0.39, 0.29) is 31.1 Å². The second kappa shape index (κ2) is 9.58. The smallest absolute Gasteiger partial charge is 0.312 e. The molecule has 0 aliphatic carbocycles. The van der Waals surface area contributed by atoms with Crippen LogP contribution in [0.2, 0.25) is 0 Å². The largest absolute Gasteiger partial charge is 0.465 e. The number of nitrogens with zero attached hydrogens (tertiary/aromatic N) is 2. The van der Waals surface area contributed by atoms with E-state index in [0.29, 0.717) is 32.2 Å². The highest BCUT2D eigenvalue weighted by atomic mass is 16.6. The van der Waals surface area contributed by atoms with Crippen LogP contribution in [0.4, 0.5) is 0 Å². The van der Waals surface area contributed by atoms with Crippen molar-refractivity contribution < 1.29 is 29.0 Å². The first-order valence-electron chi connectivity index (χ1n) is 12.0. The third kappa shape index (κ3) is 3.91. The van der Waals surface area contributed by atoms with Crippen LogP contribution in [0.5, 0.6) is 0 Å². The number of carbonyl (C=O) groups is 3. The van der Waals surface area contributed by atoms with Gasteiger partial charge in [-0.2, -0.15) is 0 Å². The maximum Gasteiger partial charge on any atom is 0.312 e. The number of carbonyl (C=O) groups excluding carboxylic acids is 3. The normalized spacial score (nSPS) is 33.2. The summed E-state index contributed by atoms with van der Waals surface area (Å²) in [6.45, 7) is 15.2. The Morgan fingerprint density at radius 2 is 2.03 bits per heavy atom. The van der Waals surface area contributed by atoms with Crippen molar-refractivity contribution in [3.05, 3.63) is 25.3 Å². The molecular formula is C25H38N2O6. The third-order valence-corrected chi connectivity index (χ3v) is 7.58. The molecule has 2 amide bonds. The first kappa shape index (κ1) is 25.4. The summed E-state index contributed by atoms with van der Waals surface area (Å²) >= 11 is 0. The van der Waals surface area contributed by atoms with E-state index in [1.165, 1.54) is 4.90 Å². The number of aliphatic hydroxyl groups is 1. The van der Waals surface area contributed by atoms with E-state index >= 15 is 0 Å². The second-order valence-corrected chi connectivity index (χ2v) is 9.84. The molecule has 33 heavy (non-hydrogen) atoms. The summed E-state index contributed by atoms with van der Waals surface area (Å²) in [5.41, 5.74) is -2.00. The molecular weight excluding hydrogens is 424 g/mol. The minimum atomic E-state index is -1.12. The number of hydrogen-bond acceptors (Lipinski definition) is 6. The fraction of sp³-hybridized carbons (Fsp3) is 0.720. The van der Waals surface area contributed by atoms with E-state index in [2.05, 4.69) is 13.2 Å². The Morgan fingerprint density at radius 1 is 1.33 bits per heavy atom. The van der Waals surface area contributed by atoms with Crippen molar-refractivity contribution in [2.75, 3.05) is 19.8 Å². The van der Waals surface area contributed by atoms with Gasteiger partial charge in [0.15, 0.2) is 0 Å². The minimum absolute atomic E-state index is 0.119. The zero-order valence-corrected chi connectivity index (χ0v) is 20.3. The maximum absolute atomic E-state index is 14.0. The van der Waals surface area contributed by atoms with Crippen molar-refractivity contribution in [3.8, 4) is 0 Å². The molecule has 184 valence electrons. The molecule has 8 heteroatoms. The van der Waals surface area contributed by atoms with E-state index < -0.39 is 41.1 Å². The molecule has 0 aromatic rings. The highest BCUT2D eigenvalue weighted by molar-refractivity contribution is 5.98. The van der Waals surface area contributed by atoms with Gasteiger partial charge in [-0.05, 0) is 46.5 Å². The van der Waals surface area contributed by atoms with Crippen LogP contribution in [0.15, 0.2) is 25.3 Å². The average Bonchev–Trinajstić information content (AvgIpc) is 3.34. The fourth-order valence-electron chi connectivity index (χ4n) is 5.99. The van der Waals surface area contributed by atoms with Crippen molar-refractivity contribution >= 4 is 17.8 Å². The number of ether oxygens (including phenoxy) is 2. The van der Waals surface area contributed by atoms with E-state index in [4.69, 9.17) is 9.47 Å². The lowest BCUT2D eigenvalue weighted by Gasteiger charge is -2.40. The van der Waals surface area contributed by atoms with Gasteiger partial charge in [0.05, 0.1) is 30.8 Å². The number of hydrogen-bond donors (Lipinski definition) is 1. The van der Waals surface area contributed by atoms with Gasteiger partial charge in [0, 0.05) is 12.6 Å². The van der Waals surface area contributed by atoms with Gasteiger partial charge in [-0.1, -0.05) is 19.1 Å². The molecule has 3 aliphatic rings. The number of aliphatic hydroxyl groups excluding tert-OH is 1. The summed E-state index contributed by atoms with van der Waals surface area (Å²) in [6.07, 6.45) is 5.35. The fourth-order valence-corrected chi connectivity index (χ4v) is 5.99. The molecule has 3 saturated heterocycles. The number of likely N-dealkylation sites (tertiary alicyclic amines) is 1. The van der Waals surface area contributed by atoms with Crippen LogP contribution in [0.3, 0.4) is 0 Å². The summed E-state index contributed by atoms with van der Waals surface area (Å²) < 4.78 is 12.0. The molecule has 0 aromatic carbocycles. The first-order chi connectivity index (χ1) is 15.6. The average molecular weight is 463 g/mol. The predicted molar refractivity (Wildman–Crippen MR) is 123 cm³/mol. The Bertz CT molecular complexity index is 809. The van der Waals surface area contributed by atoms with Crippen molar-refractivity contribution in [2.24, 2.45) is 11.8 Å². The molecule has 1 N–H and O–H groups in total. The van der Waals surface area contributed by atoms with Crippen molar-refractivity contribution in [1.29, 1.82) is 0 Å². The van der Waals surface area contributed by atoms with Gasteiger partial charge in [0.2, 0.25) is 11.8 Å². The van der Waals surface area contributed by atoms with Gasteiger partial charge < -0.3 is 24.4 Å². The van der Waals surface area contributed by atoms with Gasteiger partial charge in [-0.25, -0.2) is 0 Å². The van der Waals surface area contributed by atoms with Gasteiger partial charge in [-0.15, -0.1) is 13.2 Å². The first-order valence-corrected chi connectivity index (χ1v) is 12.0. The van der Waals surface area contributed by atoms with Crippen LogP contribution >= 0.6 is 0 Å². The molecule has 3 rings (SSSR count). The molecule has 3 aliphatic heterocycles. The number of amides is 2. The lowest BCUT2D eigenvalue weighted by molar-refractivity contribution is -0.162. The van der Waals surface area contributed by atoms with Gasteiger partial charge >= 0.3 is 5.97 Å². The Kier molecular flexibility index (Phi) is 7.39. The predicted octanol–water partition coefficient (Wildman–Crippen LogP) is 2.06. The molecule has 0 aromatic heterocycles. The zero-order valence-electron chi connectivity index (χ0n) is 20.3. The lowest BCUT2D eigenvalue weighted by atomic mass is 9.66. The van der Waals surface area contributed by atoms with Crippen LogP contribution in [-0.4, -0.2) is 81.8 Å². The van der Waals surface area contributed by atoms with Crippen LogP contribution < -0.4 is 0 Å². The van der Waals surface area contributed by atoms with Crippen molar-refractivity contribution in [2.45, 2.75) is 82.7 Å². The summed E-state index contributed by atoms with van der Waals surface area (Å²) in [7, 11) is 0. The van der Waals surface area contributed by atoms with E-state index in [0.717, 1.165) is 0 Å². The molecule has 8 nitrogen and oxygen atoms in total. The monoisotopic (exact) mass is 462 g/mol. The summed E-state index contributed by atoms with van der Waals surface area (Å²) in [4.78, 5) is 44.2. The zero-order chi connectivity index (χ0) is 24.6. The van der Waals surface area contributed by atoms with E-state index in [9.17, 15) is 19.5 Å². The maximum atomic E-state index is 14.0. The van der Waals surface area contributed by atoms with Crippen LogP contribution in [-0.2, 0) is 23.9 Å².